The van der Waals surface area contributed by atoms with Gasteiger partial charge < -0.3 is 14.6 Å². The molecule has 7 heteroatoms. The van der Waals surface area contributed by atoms with Crippen molar-refractivity contribution in [3.63, 3.8) is 0 Å². The average molecular weight is 384 g/mol. The van der Waals surface area contributed by atoms with Gasteiger partial charge in [-0.1, -0.05) is 35.9 Å². The van der Waals surface area contributed by atoms with Crippen molar-refractivity contribution in [2.24, 2.45) is 0 Å². The standard InChI is InChI=1S/C19H26ClNO5/c1-6-25-17(23)16(21(5)18(24)26-19(2,3)4)15(22)12-9-13-7-10-14(20)11-8-13/h7-12,15-16,22H,6H2,1-5H3/b12-9+/t15-,16-/m1/s1. The number of rotatable bonds is 6. The SMILES string of the molecule is CCOC(=O)[C@@H]([C@H](O)/C=C/c1ccc(Cl)cc1)N(C)C(=O)OC(C)(C)C. The van der Waals surface area contributed by atoms with Gasteiger partial charge in [0.1, 0.15) is 11.7 Å². The molecule has 0 bridgehead atoms. The van der Waals surface area contributed by atoms with Crippen molar-refractivity contribution in [3.8, 4) is 0 Å². The quantitative estimate of drug-likeness (QED) is 0.760. The average Bonchev–Trinajstić information content (AvgIpc) is 2.53. The van der Waals surface area contributed by atoms with Crippen LogP contribution in [0.1, 0.15) is 33.3 Å². The molecule has 6 nitrogen and oxygen atoms in total. The van der Waals surface area contributed by atoms with Crippen LogP contribution in [0.25, 0.3) is 6.08 Å². The molecule has 1 N–H and O–H groups in total. The first-order chi connectivity index (χ1) is 12.0. The Kier molecular flexibility index (Phi) is 8.11. The highest BCUT2D eigenvalue weighted by atomic mass is 35.5. The topological polar surface area (TPSA) is 76.1 Å². The fraction of sp³-hybridized carbons (Fsp3) is 0.474. The molecule has 1 aromatic carbocycles. The number of esters is 1. The van der Waals surface area contributed by atoms with Gasteiger partial charge >= 0.3 is 12.1 Å². The summed E-state index contributed by atoms with van der Waals surface area (Å²) >= 11 is 5.84. The molecule has 0 saturated heterocycles. The second-order valence-electron chi connectivity index (χ2n) is 6.69. The summed E-state index contributed by atoms with van der Waals surface area (Å²) in [6.07, 6.45) is 1.05. The molecule has 26 heavy (non-hydrogen) atoms. The molecule has 1 amide bonds. The molecule has 0 heterocycles. The van der Waals surface area contributed by atoms with Gasteiger partial charge in [-0.25, -0.2) is 9.59 Å². The molecule has 0 spiro atoms. The largest absolute Gasteiger partial charge is 0.464 e. The highest BCUT2D eigenvalue weighted by Crippen LogP contribution is 2.16. The van der Waals surface area contributed by atoms with Crippen LogP contribution in [0, 0.1) is 0 Å². The second kappa shape index (κ2) is 9.59. The number of nitrogens with zero attached hydrogens (tertiary/aromatic N) is 1. The van der Waals surface area contributed by atoms with E-state index >= 15 is 0 Å². The lowest BCUT2D eigenvalue weighted by atomic mass is 10.1. The number of ether oxygens (including phenoxy) is 2. The summed E-state index contributed by atoms with van der Waals surface area (Å²) in [4.78, 5) is 25.6. The molecule has 1 aromatic rings. The molecule has 1 rings (SSSR count). The first-order valence-electron chi connectivity index (χ1n) is 8.29. The van der Waals surface area contributed by atoms with E-state index in [1.807, 2.05) is 0 Å². The predicted octanol–water partition coefficient (Wildman–Crippen LogP) is 3.51. The van der Waals surface area contributed by atoms with Gasteiger partial charge in [-0.2, -0.15) is 0 Å². The Hall–Kier alpha value is -2.05. The Labute approximate surface area is 159 Å². The fourth-order valence-electron chi connectivity index (χ4n) is 2.09. The number of benzene rings is 1. The number of hydrogen-bond acceptors (Lipinski definition) is 5. The van der Waals surface area contributed by atoms with Crippen molar-refractivity contribution >= 4 is 29.7 Å². The summed E-state index contributed by atoms with van der Waals surface area (Å²) in [5.74, 6) is -0.714. The van der Waals surface area contributed by atoms with Crippen molar-refractivity contribution in [2.45, 2.75) is 45.4 Å². The lowest BCUT2D eigenvalue weighted by molar-refractivity contribution is -0.152. The van der Waals surface area contributed by atoms with E-state index in [0.29, 0.717) is 5.02 Å². The number of aliphatic hydroxyl groups is 1. The van der Waals surface area contributed by atoms with Crippen LogP contribution in [0.2, 0.25) is 5.02 Å². The van der Waals surface area contributed by atoms with Crippen LogP contribution in [-0.2, 0) is 14.3 Å². The second-order valence-corrected chi connectivity index (χ2v) is 7.13. The van der Waals surface area contributed by atoms with Gasteiger partial charge in [0, 0.05) is 12.1 Å². The van der Waals surface area contributed by atoms with Crippen molar-refractivity contribution in [3.05, 3.63) is 40.9 Å². The summed E-state index contributed by atoms with van der Waals surface area (Å²) < 4.78 is 10.3. The molecule has 0 aromatic heterocycles. The van der Waals surface area contributed by atoms with Gasteiger partial charge in [0.05, 0.1) is 6.61 Å². The minimum atomic E-state index is -1.28. The predicted molar refractivity (Wildman–Crippen MR) is 101 cm³/mol. The van der Waals surface area contributed by atoms with Gasteiger partial charge in [0.25, 0.3) is 0 Å². The molecule has 0 saturated carbocycles. The first kappa shape index (κ1) is 22.0. The van der Waals surface area contributed by atoms with Gasteiger partial charge in [-0.15, -0.1) is 0 Å². The Morgan fingerprint density at radius 1 is 1.27 bits per heavy atom. The third kappa shape index (κ3) is 7.06. The summed E-state index contributed by atoms with van der Waals surface area (Å²) in [6.45, 7) is 6.93. The Balaban J connectivity index is 2.98. The van der Waals surface area contributed by atoms with E-state index in [9.17, 15) is 14.7 Å². The highest BCUT2D eigenvalue weighted by Gasteiger charge is 2.35. The monoisotopic (exact) mass is 383 g/mol. The van der Waals surface area contributed by atoms with Crippen LogP contribution >= 0.6 is 11.6 Å². The zero-order valence-electron chi connectivity index (χ0n) is 15.7. The van der Waals surface area contributed by atoms with Crippen LogP contribution in [-0.4, -0.2) is 53.5 Å². The molecule has 0 aliphatic heterocycles. The normalized spacial score (nSPS) is 14.0. The number of halogens is 1. The van der Waals surface area contributed by atoms with Crippen LogP contribution in [0.3, 0.4) is 0 Å². The van der Waals surface area contributed by atoms with Crippen LogP contribution in [0.15, 0.2) is 30.3 Å². The minimum absolute atomic E-state index is 0.130. The lowest BCUT2D eigenvalue weighted by Crippen LogP contribution is -2.51. The molecule has 0 aliphatic carbocycles. The van der Waals surface area contributed by atoms with Gasteiger partial charge in [0.15, 0.2) is 6.04 Å². The van der Waals surface area contributed by atoms with E-state index in [-0.39, 0.29) is 6.61 Å². The smallest absolute Gasteiger partial charge is 0.410 e. The van der Waals surface area contributed by atoms with Crippen LogP contribution in [0.5, 0.6) is 0 Å². The Bertz CT molecular complexity index is 636. The first-order valence-corrected chi connectivity index (χ1v) is 8.67. The minimum Gasteiger partial charge on any atom is -0.464 e. The third-order valence-electron chi connectivity index (χ3n) is 3.31. The molecular weight excluding hydrogens is 358 g/mol. The molecule has 0 unspecified atom stereocenters. The zero-order chi connectivity index (χ0) is 19.9. The number of carbonyl (C=O) groups is 2. The molecule has 0 fully saturated rings. The summed E-state index contributed by atoms with van der Waals surface area (Å²) in [6, 6.07) is 5.73. The van der Waals surface area contributed by atoms with E-state index in [0.717, 1.165) is 10.5 Å². The Morgan fingerprint density at radius 2 is 1.85 bits per heavy atom. The highest BCUT2D eigenvalue weighted by molar-refractivity contribution is 6.30. The van der Waals surface area contributed by atoms with E-state index < -0.39 is 29.8 Å². The molecule has 144 valence electrons. The van der Waals surface area contributed by atoms with Gasteiger partial charge in [-0.3, -0.25) is 4.90 Å². The fourth-order valence-corrected chi connectivity index (χ4v) is 2.22. The number of aliphatic hydroxyl groups excluding tert-OH is 1. The third-order valence-corrected chi connectivity index (χ3v) is 3.56. The van der Waals surface area contributed by atoms with E-state index in [1.165, 1.54) is 13.1 Å². The summed E-state index contributed by atoms with van der Waals surface area (Å²) in [5.41, 5.74) is 0.0604. The van der Waals surface area contributed by atoms with E-state index in [1.54, 1.807) is 58.0 Å². The summed E-state index contributed by atoms with van der Waals surface area (Å²) in [7, 11) is 1.38. The van der Waals surface area contributed by atoms with Crippen LogP contribution < -0.4 is 0 Å². The number of hydrogen-bond donors (Lipinski definition) is 1. The molecule has 0 aliphatic rings. The number of carbonyl (C=O) groups excluding carboxylic acids is 2. The van der Waals surface area contributed by atoms with E-state index in [4.69, 9.17) is 21.1 Å². The molecule has 2 atom stereocenters. The van der Waals surface area contributed by atoms with Gasteiger partial charge in [-0.05, 0) is 45.4 Å². The lowest BCUT2D eigenvalue weighted by Gasteiger charge is -2.31. The van der Waals surface area contributed by atoms with Crippen molar-refractivity contribution in [1.82, 2.24) is 4.90 Å². The zero-order valence-corrected chi connectivity index (χ0v) is 16.5. The maximum absolute atomic E-state index is 12.3. The van der Waals surface area contributed by atoms with Crippen LogP contribution in [0.4, 0.5) is 4.79 Å². The maximum atomic E-state index is 12.3. The Morgan fingerprint density at radius 3 is 2.35 bits per heavy atom. The van der Waals surface area contributed by atoms with Gasteiger partial charge in [0.2, 0.25) is 0 Å². The van der Waals surface area contributed by atoms with Crippen molar-refractivity contribution < 1.29 is 24.2 Å². The molecular formula is C19H26ClNO5. The number of likely N-dealkylation sites (N-methyl/N-ethyl adjacent to an activating group) is 1. The van der Waals surface area contributed by atoms with E-state index in [2.05, 4.69) is 0 Å². The number of amides is 1. The van der Waals surface area contributed by atoms with Crippen molar-refractivity contribution in [2.75, 3.05) is 13.7 Å². The maximum Gasteiger partial charge on any atom is 0.410 e. The summed E-state index contributed by atoms with van der Waals surface area (Å²) in [5, 5.41) is 11.1. The molecule has 0 radical (unpaired) electrons. The van der Waals surface area contributed by atoms with Crippen molar-refractivity contribution in [1.29, 1.82) is 0 Å².